The van der Waals surface area contributed by atoms with Gasteiger partial charge in [-0.15, -0.1) is 0 Å². The van der Waals surface area contributed by atoms with E-state index in [0.717, 1.165) is 16.1 Å². The number of anilines is 1. The maximum absolute atomic E-state index is 12.7. The van der Waals surface area contributed by atoms with Crippen LogP contribution in [0.25, 0.3) is 0 Å². The van der Waals surface area contributed by atoms with E-state index in [1.807, 2.05) is 31.2 Å². The van der Waals surface area contributed by atoms with Crippen LogP contribution in [0.3, 0.4) is 0 Å². The number of ether oxygens (including phenoxy) is 1. The van der Waals surface area contributed by atoms with E-state index < -0.39 is 22.0 Å². The molecule has 0 radical (unpaired) electrons. The maximum Gasteiger partial charge on any atom is 0.243 e. The van der Waals surface area contributed by atoms with Crippen LogP contribution in [0.1, 0.15) is 19.4 Å². The Morgan fingerprint density at radius 1 is 1.21 bits per heavy atom. The van der Waals surface area contributed by atoms with E-state index in [4.69, 9.17) is 27.9 Å². The van der Waals surface area contributed by atoms with Crippen molar-refractivity contribution < 1.29 is 17.9 Å². The lowest BCUT2D eigenvalue weighted by Crippen LogP contribution is -2.47. The van der Waals surface area contributed by atoms with Crippen LogP contribution < -0.4 is 14.4 Å². The van der Waals surface area contributed by atoms with Crippen LogP contribution >= 0.6 is 23.2 Å². The molecule has 0 aliphatic rings. The van der Waals surface area contributed by atoms with Gasteiger partial charge in [0.05, 0.1) is 23.6 Å². The zero-order chi connectivity index (χ0) is 20.9. The van der Waals surface area contributed by atoms with Gasteiger partial charge < -0.3 is 10.1 Å². The summed E-state index contributed by atoms with van der Waals surface area (Å²) in [6, 6.07) is 10.7. The molecule has 2 aromatic carbocycles. The van der Waals surface area contributed by atoms with E-state index in [-0.39, 0.29) is 17.3 Å². The Bertz CT molecular complexity index is 951. The van der Waals surface area contributed by atoms with Crippen molar-refractivity contribution in [3.8, 4) is 5.75 Å². The predicted octanol–water partition coefficient (Wildman–Crippen LogP) is 3.86. The molecule has 0 saturated heterocycles. The first-order valence-electron chi connectivity index (χ1n) is 8.57. The molecule has 0 fully saturated rings. The number of hydrogen-bond acceptors (Lipinski definition) is 4. The molecule has 0 aromatic heterocycles. The van der Waals surface area contributed by atoms with Crippen molar-refractivity contribution in [2.75, 3.05) is 17.2 Å². The molecule has 152 valence electrons. The van der Waals surface area contributed by atoms with E-state index in [9.17, 15) is 13.2 Å². The summed E-state index contributed by atoms with van der Waals surface area (Å²) in [5.41, 5.74) is 0.982. The molecule has 28 heavy (non-hydrogen) atoms. The fraction of sp³-hybridized carbons (Fsp3) is 0.316. The monoisotopic (exact) mass is 444 g/mol. The van der Waals surface area contributed by atoms with Gasteiger partial charge in [-0.2, -0.15) is 0 Å². The normalized spacial score (nSPS) is 12.3. The Kier molecular flexibility index (Phi) is 7.57. The Morgan fingerprint density at radius 3 is 2.57 bits per heavy atom. The summed E-state index contributed by atoms with van der Waals surface area (Å²) in [5.74, 6) is 0.231. The average molecular weight is 445 g/mol. The molecule has 9 heteroatoms. The van der Waals surface area contributed by atoms with E-state index in [1.165, 1.54) is 19.1 Å². The zero-order valence-corrected chi connectivity index (χ0v) is 18.1. The smallest absolute Gasteiger partial charge is 0.243 e. The minimum atomic E-state index is -3.79. The van der Waals surface area contributed by atoms with Gasteiger partial charge in [0.15, 0.2) is 0 Å². The molecular weight excluding hydrogens is 423 g/mol. The van der Waals surface area contributed by atoms with Crippen molar-refractivity contribution in [1.29, 1.82) is 0 Å². The minimum absolute atomic E-state index is 0.151. The van der Waals surface area contributed by atoms with Crippen molar-refractivity contribution >= 4 is 44.8 Å². The van der Waals surface area contributed by atoms with Gasteiger partial charge >= 0.3 is 0 Å². The SMILES string of the molecule is CCOc1cccc(CNC(=O)C(C)N(c2cc(Cl)ccc2Cl)S(C)(=O)=O)c1. The number of amides is 1. The Labute approximate surface area is 175 Å². The van der Waals surface area contributed by atoms with Gasteiger partial charge in [-0.3, -0.25) is 9.10 Å². The molecule has 1 N–H and O–H groups in total. The Balaban J connectivity index is 2.20. The number of carbonyl (C=O) groups is 1. The van der Waals surface area contributed by atoms with Crippen molar-refractivity contribution in [2.24, 2.45) is 0 Å². The fourth-order valence-corrected chi connectivity index (χ4v) is 4.29. The van der Waals surface area contributed by atoms with Gasteiger partial charge in [-0.1, -0.05) is 35.3 Å². The fourth-order valence-electron chi connectivity index (χ4n) is 2.68. The number of nitrogens with one attached hydrogen (secondary N) is 1. The van der Waals surface area contributed by atoms with E-state index in [0.29, 0.717) is 17.4 Å². The van der Waals surface area contributed by atoms with Gasteiger partial charge in [-0.25, -0.2) is 8.42 Å². The first kappa shape index (κ1) is 22.3. The largest absolute Gasteiger partial charge is 0.494 e. The first-order chi connectivity index (χ1) is 13.1. The quantitative estimate of drug-likeness (QED) is 0.670. The predicted molar refractivity (Wildman–Crippen MR) is 113 cm³/mol. The van der Waals surface area contributed by atoms with E-state index >= 15 is 0 Å². The van der Waals surface area contributed by atoms with Gasteiger partial charge in [0.25, 0.3) is 0 Å². The molecule has 6 nitrogen and oxygen atoms in total. The van der Waals surface area contributed by atoms with E-state index in [2.05, 4.69) is 5.32 Å². The highest BCUT2D eigenvalue weighted by molar-refractivity contribution is 7.92. The summed E-state index contributed by atoms with van der Waals surface area (Å²) in [7, 11) is -3.79. The number of carbonyl (C=O) groups excluding carboxylic acids is 1. The van der Waals surface area contributed by atoms with Gasteiger partial charge in [0, 0.05) is 11.6 Å². The van der Waals surface area contributed by atoms with Gasteiger partial charge in [0.2, 0.25) is 15.9 Å². The summed E-state index contributed by atoms with van der Waals surface area (Å²) in [4.78, 5) is 12.7. The molecular formula is C19H22Cl2N2O4S. The number of hydrogen-bond donors (Lipinski definition) is 1. The second kappa shape index (κ2) is 9.49. The Morgan fingerprint density at radius 2 is 1.93 bits per heavy atom. The lowest BCUT2D eigenvalue weighted by atomic mass is 10.2. The minimum Gasteiger partial charge on any atom is -0.494 e. The lowest BCUT2D eigenvalue weighted by Gasteiger charge is -2.29. The van der Waals surface area contributed by atoms with Gasteiger partial charge in [0.1, 0.15) is 11.8 Å². The number of rotatable bonds is 8. The van der Waals surface area contributed by atoms with Crippen LogP contribution in [0.15, 0.2) is 42.5 Å². The third kappa shape index (κ3) is 5.77. The number of halogens is 2. The molecule has 2 aromatic rings. The lowest BCUT2D eigenvalue weighted by molar-refractivity contribution is -0.122. The van der Waals surface area contributed by atoms with Crippen molar-refractivity contribution in [2.45, 2.75) is 26.4 Å². The van der Waals surface area contributed by atoms with E-state index in [1.54, 1.807) is 6.07 Å². The number of benzene rings is 2. The average Bonchev–Trinajstić information content (AvgIpc) is 2.62. The standard InChI is InChI=1S/C19H22Cl2N2O4S/c1-4-27-16-7-5-6-14(10-16)12-22-19(24)13(2)23(28(3,25)26)18-11-15(20)8-9-17(18)21/h5-11,13H,4,12H2,1-3H3,(H,22,24). The second-order valence-corrected chi connectivity index (χ2v) is 8.83. The molecule has 0 saturated carbocycles. The molecule has 1 atom stereocenters. The zero-order valence-electron chi connectivity index (χ0n) is 15.8. The third-order valence-corrected chi connectivity index (χ3v) is 5.69. The molecule has 1 unspecified atom stereocenters. The Hall–Kier alpha value is -1.96. The summed E-state index contributed by atoms with van der Waals surface area (Å²) in [5, 5.41) is 3.24. The molecule has 0 spiro atoms. The molecule has 2 rings (SSSR count). The van der Waals surface area contributed by atoms with Crippen molar-refractivity contribution in [3.05, 3.63) is 58.1 Å². The van der Waals surface area contributed by atoms with Crippen LogP contribution in [0.4, 0.5) is 5.69 Å². The summed E-state index contributed by atoms with van der Waals surface area (Å²) in [6.07, 6.45) is 1.01. The molecule has 0 aliphatic heterocycles. The van der Waals surface area contributed by atoms with Crippen LogP contribution in [-0.2, 0) is 21.4 Å². The molecule has 0 heterocycles. The van der Waals surface area contributed by atoms with Crippen LogP contribution in [-0.4, -0.2) is 33.2 Å². The van der Waals surface area contributed by atoms with Crippen molar-refractivity contribution in [1.82, 2.24) is 5.32 Å². The molecule has 0 aliphatic carbocycles. The third-order valence-electron chi connectivity index (χ3n) is 3.91. The highest BCUT2D eigenvalue weighted by Gasteiger charge is 2.30. The second-order valence-electron chi connectivity index (χ2n) is 6.13. The van der Waals surface area contributed by atoms with Crippen LogP contribution in [0.2, 0.25) is 10.0 Å². The molecule has 1 amide bonds. The molecule has 0 bridgehead atoms. The highest BCUT2D eigenvalue weighted by Crippen LogP contribution is 2.32. The topological polar surface area (TPSA) is 75.7 Å². The summed E-state index contributed by atoms with van der Waals surface area (Å²) >= 11 is 12.1. The maximum atomic E-state index is 12.7. The summed E-state index contributed by atoms with van der Waals surface area (Å²) < 4.78 is 31.1. The first-order valence-corrected chi connectivity index (χ1v) is 11.2. The van der Waals surface area contributed by atoms with Crippen LogP contribution in [0.5, 0.6) is 5.75 Å². The number of sulfonamides is 1. The van der Waals surface area contributed by atoms with Gasteiger partial charge in [-0.05, 0) is 49.7 Å². The summed E-state index contributed by atoms with van der Waals surface area (Å²) in [6.45, 7) is 4.14. The van der Waals surface area contributed by atoms with Crippen molar-refractivity contribution in [3.63, 3.8) is 0 Å². The number of nitrogens with zero attached hydrogens (tertiary/aromatic N) is 1. The highest BCUT2D eigenvalue weighted by atomic mass is 35.5. The van der Waals surface area contributed by atoms with Crippen LogP contribution in [0, 0.1) is 0 Å².